The average molecular weight is 400 g/mol. The smallest absolute Gasteiger partial charge is 0.163 e. The number of ether oxygens (including phenoxy) is 2. The fourth-order valence-electron chi connectivity index (χ4n) is 3.33. The van der Waals surface area contributed by atoms with Crippen LogP contribution in [0.15, 0.2) is 54.9 Å². The molecule has 0 amide bonds. The Kier molecular flexibility index (Phi) is 4.44. The quantitative estimate of drug-likeness (QED) is 0.468. The Morgan fingerprint density at radius 1 is 0.900 bits per heavy atom. The maximum absolute atomic E-state index is 6.36. The minimum absolute atomic E-state index is 0.400. The summed E-state index contributed by atoms with van der Waals surface area (Å²) in [5.41, 5.74) is 10.2. The van der Waals surface area contributed by atoms with Crippen LogP contribution in [0.1, 0.15) is 5.69 Å². The molecule has 4 aromatic rings. The fourth-order valence-corrected chi connectivity index (χ4v) is 3.33. The summed E-state index contributed by atoms with van der Waals surface area (Å²) in [6.45, 7) is 3.04. The van der Waals surface area contributed by atoms with Crippen molar-refractivity contribution in [3.8, 4) is 11.5 Å². The van der Waals surface area contributed by atoms with E-state index >= 15 is 0 Å². The summed E-state index contributed by atoms with van der Waals surface area (Å²) in [5, 5.41) is 7.56. The molecule has 3 heterocycles. The van der Waals surface area contributed by atoms with Crippen molar-refractivity contribution in [2.75, 3.05) is 29.6 Å². The van der Waals surface area contributed by atoms with Crippen molar-refractivity contribution >= 4 is 39.6 Å². The summed E-state index contributed by atoms with van der Waals surface area (Å²) in [7, 11) is 0. The molecule has 0 fully saturated rings. The Balaban J connectivity index is 1.45. The molecule has 8 heteroatoms. The molecule has 2 aromatic heterocycles. The third-order valence-corrected chi connectivity index (χ3v) is 4.80. The molecule has 0 saturated carbocycles. The largest absolute Gasteiger partial charge is 0.486 e. The predicted octanol–water partition coefficient (Wildman–Crippen LogP) is 4.17. The molecule has 0 bridgehead atoms. The Morgan fingerprint density at radius 3 is 2.57 bits per heavy atom. The van der Waals surface area contributed by atoms with Gasteiger partial charge < -0.3 is 25.8 Å². The van der Waals surface area contributed by atoms with Crippen molar-refractivity contribution in [1.29, 1.82) is 0 Å². The molecule has 0 aliphatic carbocycles. The number of anilines is 5. The van der Waals surface area contributed by atoms with Crippen LogP contribution in [-0.2, 0) is 0 Å². The van der Waals surface area contributed by atoms with E-state index in [1.54, 1.807) is 0 Å². The van der Waals surface area contributed by atoms with Crippen LogP contribution in [-0.4, -0.2) is 28.2 Å². The van der Waals surface area contributed by atoms with Crippen molar-refractivity contribution in [1.82, 2.24) is 15.0 Å². The van der Waals surface area contributed by atoms with E-state index in [1.165, 1.54) is 6.33 Å². The molecule has 1 aliphatic heterocycles. The molecule has 5 rings (SSSR count). The first kappa shape index (κ1) is 18.0. The van der Waals surface area contributed by atoms with Crippen LogP contribution in [0, 0.1) is 6.92 Å². The Bertz CT molecular complexity index is 1240. The lowest BCUT2D eigenvalue weighted by Gasteiger charge is -2.19. The maximum atomic E-state index is 6.36. The standard InChI is InChI=1S/C22H20N6O2/c1-13-5-6-14-3-2-4-16(20(14)26-13)28-22-19(23)21(24-12-25-22)27-15-7-8-17-18(11-15)30-10-9-29-17/h2-8,11-12H,9-10,23H2,1H3,(H2,24,25,27,28). The van der Waals surface area contributed by atoms with Gasteiger partial charge in [-0.15, -0.1) is 0 Å². The molecule has 0 radical (unpaired) electrons. The molecule has 0 atom stereocenters. The molecule has 0 unspecified atom stereocenters. The van der Waals surface area contributed by atoms with Gasteiger partial charge in [0.2, 0.25) is 0 Å². The van der Waals surface area contributed by atoms with Gasteiger partial charge in [-0.05, 0) is 31.2 Å². The third kappa shape index (κ3) is 3.39. The van der Waals surface area contributed by atoms with Gasteiger partial charge >= 0.3 is 0 Å². The van der Waals surface area contributed by atoms with E-state index in [4.69, 9.17) is 15.2 Å². The highest BCUT2D eigenvalue weighted by molar-refractivity contribution is 5.93. The molecule has 150 valence electrons. The van der Waals surface area contributed by atoms with Crippen molar-refractivity contribution in [3.05, 3.63) is 60.6 Å². The van der Waals surface area contributed by atoms with Crippen LogP contribution in [0.4, 0.5) is 28.7 Å². The number of para-hydroxylation sites is 1. The van der Waals surface area contributed by atoms with Crippen LogP contribution in [0.5, 0.6) is 11.5 Å². The van der Waals surface area contributed by atoms with Gasteiger partial charge in [-0.3, -0.25) is 4.98 Å². The highest BCUT2D eigenvalue weighted by atomic mass is 16.6. The van der Waals surface area contributed by atoms with E-state index in [0.29, 0.717) is 36.3 Å². The van der Waals surface area contributed by atoms with Gasteiger partial charge in [-0.1, -0.05) is 18.2 Å². The predicted molar refractivity (Wildman–Crippen MR) is 117 cm³/mol. The topological polar surface area (TPSA) is 107 Å². The number of nitrogen functional groups attached to an aromatic ring is 1. The van der Waals surface area contributed by atoms with Crippen LogP contribution in [0.2, 0.25) is 0 Å². The van der Waals surface area contributed by atoms with E-state index in [0.717, 1.165) is 33.7 Å². The van der Waals surface area contributed by atoms with E-state index in [1.807, 2.05) is 55.5 Å². The number of nitrogens with zero attached hydrogens (tertiary/aromatic N) is 3. The second-order valence-electron chi connectivity index (χ2n) is 6.92. The Labute approximate surface area is 173 Å². The van der Waals surface area contributed by atoms with E-state index in [9.17, 15) is 0 Å². The van der Waals surface area contributed by atoms with Crippen molar-refractivity contribution in [2.45, 2.75) is 6.92 Å². The minimum Gasteiger partial charge on any atom is -0.486 e. The Morgan fingerprint density at radius 2 is 1.70 bits per heavy atom. The van der Waals surface area contributed by atoms with Gasteiger partial charge in [0.1, 0.15) is 25.2 Å². The first-order valence-corrected chi connectivity index (χ1v) is 9.58. The maximum Gasteiger partial charge on any atom is 0.163 e. The molecule has 4 N–H and O–H groups in total. The molecule has 1 aliphatic rings. The van der Waals surface area contributed by atoms with Gasteiger partial charge in [0, 0.05) is 22.8 Å². The second kappa shape index (κ2) is 7.40. The lowest BCUT2D eigenvalue weighted by molar-refractivity contribution is 0.171. The molecular weight excluding hydrogens is 380 g/mol. The summed E-state index contributed by atoms with van der Waals surface area (Å²) in [5.74, 6) is 2.41. The second-order valence-corrected chi connectivity index (χ2v) is 6.92. The lowest BCUT2D eigenvalue weighted by Crippen LogP contribution is -2.15. The molecule has 8 nitrogen and oxygen atoms in total. The lowest BCUT2D eigenvalue weighted by atomic mass is 10.1. The summed E-state index contributed by atoms with van der Waals surface area (Å²) in [4.78, 5) is 13.2. The number of hydrogen-bond acceptors (Lipinski definition) is 8. The number of aromatic nitrogens is 3. The molecule has 30 heavy (non-hydrogen) atoms. The number of benzene rings is 2. The number of aryl methyl sites for hydroxylation is 1. The van der Waals surface area contributed by atoms with E-state index in [-0.39, 0.29) is 0 Å². The van der Waals surface area contributed by atoms with Gasteiger partial charge in [0.15, 0.2) is 23.1 Å². The van der Waals surface area contributed by atoms with Crippen molar-refractivity contribution in [2.24, 2.45) is 0 Å². The number of hydrogen-bond donors (Lipinski definition) is 3. The molecule has 2 aromatic carbocycles. The van der Waals surface area contributed by atoms with Crippen LogP contribution in [0.3, 0.4) is 0 Å². The SMILES string of the molecule is Cc1ccc2cccc(Nc3ncnc(Nc4ccc5c(c4)OCCO5)c3N)c2n1. The highest BCUT2D eigenvalue weighted by Gasteiger charge is 2.14. The van der Waals surface area contributed by atoms with Gasteiger partial charge in [0.25, 0.3) is 0 Å². The summed E-state index contributed by atoms with van der Waals surface area (Å²) in [6.07, 6.45) is 1.46. The third-order valence-electron chi connectivity index (χ3n) is 4.80. The summed E-state index contributed by atoms with van der Waals surface area (Å²) >= 11 is 0. The monoisotopic (exact) mass is 400 g/mol. The van der Waals surface area contributed by atoms with E-state index in [2.05, 4.69) is 25.6 Å². The average Bonchev–Trinajstić information content (AvgIpc) is 2.77. The van der Waals surface area contributed by atoms with Gasteiger partial charge in [0.05, 0.1) is 11.2 Å². The van der Waals surface area contributed by atoms with Crippen LogP contribution in [0.25, 0.3) is 10.9 Å². The molecule has 0 spiro atoms. The number of fused-ring (bicyclic) bond motifs is 2. The number of nitrogens with one attached hydrogen (secondary N) is 2. The highest BCUT2D eigenvalue weighted by Crippen LogP contribution is 2.35. The number of pyridine rings is 1. The number of rotatable bonds is 4. The van der Waals surface area contributed by atoms with E-state index < -0.39 is 0 Å². The summed E-state index contributed by atoms with van der Waals surface area (Å²) in [6, 6.07) is 15.6. The Hall–Kier alpha value is -4.07. The fraction of sp³-hybridized carbons (Fsp3) is 0.136. The normalized spacial score (nSPS) is 12.6. The van der Waals surface area contributed by atoms with Crippen molar-refractivity contribution in [3.63, 3.8) is 0 Å². The first-order chi connectivity index (χ1) is 14.7. The van der Waals surface area contributed by atoms with Gasteiger partial charge in [-0.2, -0.15) is 0 Å². The zero-order valence-electron chi connectivity index (χ0n) is 16.3. The van der Waals surface area contributed by atoms with Crippen molar-refractivity contribution < 1.29 is 9.47 Å². The molecule has 0 saturated heterocycles. The zero-order valence-corrected chi connectivity index (χ0v) is 16.3. The minimum atomic E-state index is 0.400. The van der Waals surface area contributed by atoms with Gasteiger partial charge in [-0.25, -0.2) is 9.97 Å². The summed E-state index contributed by atoms with van der Waals surface area (Å²) < 4.78 is 11.2. The van der Waals surface area contributed by atoms with Crippen LogP contribution >= 0.6 is 0 Å². The molecular formula is C22H20N6O2. The van der Waals surface area contributed by atoms with Crippen LogP contribution < -0.4 is 25.8 Å². The zero-order chi connectivity index (χ0) is 20.5. The number of nitrogens with two attached hydrogens (primary N) is 1. The first-order valence-electron chi connectivity index (χ1n) is 9.58.